The van der Waals surface area contributed by atoms with E-state index in [4.69, 9.17) is 0 Å². The summed E-state index contributed by atoms with van der Waals surface area (Å²) in [7, 11) is 0. The zero-order valence-electron chi connectivity index (χ0n) is 16.6. The fourth-order valence-electron chi connectivity index (χ4n) is 2.88. The van der Waals surface area contributed by atoms with Crippen molar-refractivity contribution in [1.82, 2.24) is 5.32 Å². The lowest BCUT2D eigenvalue weighted by atomic mass is 9.86. The second-order valence-corrected chi connectivity index (χ2v) is 8.05. The van der Waals surface area contributed by atoms with Crippen LogP contribution >= 0.6 is 0 Å². The number of hydrogen-bond acceptors (Lipinski definition) is 3. The quantitative estimate of drug-likeness (QED) is 0.543. The van der Waals surface area contributed by atoms with Gasteiger partial charge in [-0.15, -0.1) is 0 Å². The minimum absolute atomic E-state index is 0.00994. The Bertz CT molecular complexity index is 413. The number of hydrogen-bond donors (Lipinski definition) is 1. The molecule has 24 heavy (non-hydrogen) atoms. The lowest BCUT2D eigenvalue weighted by Crippen LogP contribution is -2.46. The van der Waals surface area contributed by atoms with E-state index in [2.05, 4.69) is 33.0 Å². The lowest BCUT2D eigenvalue weighted by Gasteiger charge is -2.26. The van der Waals surface area contributed by atoms with Gasteiger partial charge in [-0.2, -0.15) is 0 Å². The van der Waals surface area contributed by atoms with Crippen molar-refractivity contribution in [2.45, 2.75) is 86.6 Å². The topological polar surface area (TPSA) is 63.2 Å². The number of nitrogens with one attached hydrogen (secondary N) is 1. The smallest absolute Gasteiger partial charge is 0.223 e. The standard InChI is InChI=1S/C20H37NO3/c1-13(2)12-17(14(3)4)20(24)21-18(19(23)15(5)6)11-9-8-10-16(7)22/h13-15,17-18H,8-12H2,1-7H3,(H,21,24)/t17-,18-/m0/s1. The molecule has 0 rings (SSSR count). The molecule has 0 fully saturated rings. The first-order chi connectivity index (χ1) is 11.1. The van der Waals surface area contributed by atoms with E-state index in [1.807, 2.05) is 13.8 Å². The predicted molar refractivity (Wildman–Crippen MR) is 98.7 cm³/mol. The molecule has 1 amide bonds. The number of rotatable bonds is 12. The number of amides is 1. The van der Waals surface area contributed by atoms with Gasteiger partial charge in [0.25, 0.3) is 0 Å². The van der Waals surface area contributed by atoms with Crippen molar-refractivity contribution < 1.29 is 14.4 Å². The van der Waals surface area contributed by atoms with Crippen LogP contribution in [0.1, 0.15) is 80.6 Å². The van der Waals surface area contributed by atoms with Crippen molar-refractivity contribution in [3.8, 4) is 0 Å². The number of unbranched alkanes of at least 4 members (excludes halogenated alkanes) is 1. The van der Waals surface area contributed by atoms with E-state index in [0.29, 0.717) is 18.8 Å². The molecule has 0 aliphatic heterocycles. The van der Waals surface area contributed by atoms with Gasteiger partial charge in [-0.05, 0) is 38.0 Å². The summed E-state index contributed by atoms with van der Waals surface area (Å²) < 4.78 is 0. The average Bonchev–Trinajstić information content (AvgIpc) is 2.45. The van der Waals surface area contributed by atoms with Crippen LogP contribution in [0.4, 0.5) is 0 Å². The fourth-order valence-corrected chi connectivity index (χ4v) is 2.88. The normalized spacial score (nSPS) is 14.1. The highest BCUT2D eigenvalue weighted by molar-refractivity contribution is 5.90. The van der Waals surface area contributed by atoms with Crippen LogP contribution in [-0.4, -0.2) is 23.5 Å². The van der Waals surface area contributed by atoms with Crippen molar-refractivity contribution in [2.75, 3.05) is 0 Å². The zero-order chi connectivity index (χ0) is 18.9. The molecular formula is C20H37NO3. The third-order valence-electron chi connectivity index (χ3n) is 4.37. The maximum atomic E-state index is 12.7. The fraction of sp³-hybridized carbons (Fsp3) is 0.850. The monoisotopic (exact) mass is 339 g/mol. The summed E-state index contributed by atoms with van der Waals surface area (Å²) >= 11 is 0. The molecular weight excluding hydrogens is 302 g/mol. The van der Waals surface area contributed by atoms with Gasteiger partial charge in [0.15, 0.2) is 5.78 Å². The number of ketones is 2. The molecule has 2 atom stereocenters. The molecule has 4 nitrogen and oxygen atoms in total. The van der Waals surface area contributed by atoms with Crippen LogP contribution in [0.2, 0.25) is 0 Å². The predicted octanol–water partition coefficient (Wildman–Crippen LogP) is 4.16. The third kappa shape index (κ3) is 9.19. The van der Waals surface area contributed by atoms with Crippen molar-refractivity contribution in [3.05, 3.63) is 0 Å². The maximum absolute atomic E-state index is 12.7. The molecule has 0 spiro atoms. The van der Waals surface area contributed by atoms with E-state index in [0.717, 1.165) is 19.3 Å². The Balaban J connectivity index is 4.85. The Hall–Kier alpha value is -1.19. The average molecular weight is 340 g/mol. The maximum Gasteiger partial charge on any atom is 0.223 e. The molecule has 0 saturated carbocycles. The van der Waals surface area contributed by atoms with Gasteiger partial charge >= 0.3 is 0 Å². The molecule has 140 valence electrons. The van der Waals surface area contributed by atoms with Gasteiger partial charge in [-0.25, -0.2) is 0 Å². The summed E-state index contributed by atoms with van der Waals surface area (Å²) in [6.45, 7) is 13.6. The highest BCUT2D eigenvalue weighted by atomic mass is 16.2. The molecule has 0 aliphatic carbocycles. The van der Waals surface area contributed by atoms with Crippen molar-refractivity contribution in [2.24, 2.45) is 23.7 Å². The summed E-state index contributed by atoms with van der Waals surface area (Å²) in [5.74, 6) is 0.762. The van der Waals surface area contributed by atoms with Crippen LogP contribution in [0.5, 0.6) is 0 Å². The van der Waals surface area contributed by atoms with Gasteiger partial charge in [-0.1, -0.05) is 48.0 Å². The van der Waals surface area contributed by atoms with Crippen molar-refractivity contribution >= 4 is 17.5 Å². The van der Waals surface area contributed by atoms with Gasteiger partial charge in [0.2, 0.25) is 5.91 Å². The van der Waals surface area contributed by atoms with Crippen molar-refractivity contribution in [1.29, 1.82) is 0 Å². The van der Waals surface area contributed by atoms with Crippen LogP contribution < -0.4 is 5.32 Å². The highest BCUT2D eigenvalue weighted by Crippen LogP contribution is 2.21. The van der Waals surface area contributed by atoms with E-state index in [1.54, 1.807) is 6.92 Å². The van der Waals surface area contributed by atoms with Gasteiger partial charge in [0, 0.05) is 18.3 Å². The van der Waals surface area contributed by atoms with E-state index >= 15 is 0 Å². The van der Waals surface area contributed by atoms with Crippen LogP contribution in [0.25, 0.3) is 0 Å². The zero-order valence-corrected chi connectivity index (χ0v) is 16.6. The molecule has 0 unspecified atom stereocenters. The second kappa shape index (κ2) is 11.4. The van der Waals surface area contributed by atoms with Gasteiger partial charge in [-0.3, -0.25) is 9.59 Å². The first kappa shape index (κ1) is 22.8. The highest BCUT2D eigenvalue weighted by Gasteiger charge is 2.28. The van der Waals surface area contributed by atoms with E-state index < -0.39 is 6.04 Å². The minimum Gasteiger partial charge on any atom is -0.346 e. The van der Waals surface area contributed by atoms with E-state index in [1.165, 1.54) is 0 Å². The molecule has 0 saturated heterocycles. The molecule has 0 heterocycles. The third-order valence-corrected chi connectivity index (χ3v) is 4.37. The van der Waals surface area contributed by atoms with Crippen LogP contribution in [0.3, 0.4) is 0 Å². The Morgan fingerprint density at radius 2 is 1.50 bits per heavy atom. The molecule has 0 aromatic heterocycles. The SMILES string of the molecule is CC(=O)CCCC[C@H](NC(=O)[C@@H](CC(C)C)C(C)C)C(=O)C(C)C. The van der Waals surface area contributed by atoms with E-state index in [-0.39, 0.29) is 35.2 Å². The Morgan fingerprint density at radius 1 is 0.917 bits per heavy atom. The largest absolute Gasteiger partial charge is 0.346 e. The Labute approximate surface area is 148 Å². The van der Waals surface area contributed by atoms with Crippen LogP contribution in [-0.2, 0) is 14.4 Å². The molecule has 0 aromatic carbocycles. The first-order valence-electron chi connectivity index (χ1n) is 9.39. The summed E-state index contributed by atoms with van der Waals surface area (Å²) in [6.07, 6.45) is 3.53. The molecule has 0 bridgehead atoms. The first-order valence-corrected chi connectivity index (χ1v) is 9.39. The number of Topliss-reactive ketones (excluding diaryl/α,β-unsaturated/α-hetero) is 2. The summed E-state index contributed by atoms with van der Waals surface area (Å²) in [5.41, 5.74) is 0. The second-order valence-electron chi connectivity index (χ2n) is 8.05. The summed E-state index contributed by atoms with van der Waals surface area (Å²) in [6, 6.07) is -0.433. The van der Waals surface area contributed by atoms with Gasteiger partial charge in [0.1, 0.15) is 5.78 Å². The van der Waals surface area contributed by atoms with E-state index in [9.17, 15) is 14.4 Å². The minimum atomic E-state index is -0.433. The Morgan fingerprint density at radius 3 is 1.92 bits per heavy atom. The van der Waals surface area contributed by atoms with Crippen LogP contribution in [0.15, 0.2) is 0 Å². The van der Waals surface area contributed by atoms with Gasteiger partial charge in [0.05, 0.1) is 6.04 Å². The Kier molecular flexibility index (Phi) is 10.8. The molecule has 0 aromatic rings. The molecule has 0 radical (unpaired) electrons. The van der Waals surface area contributed by atoms with Crippen LogP contribution in [0, 0.1) is 23.7 Å². The molecule has 4 heteroatoms. The summed E-state index contributed by atoms with van der Waals surface area (Å²) in [5, 5.41) is 3.00. The van der Waals surface area contributed by atoms with Crippen molar-refractivity contribution in [3.63, 3.8) is 0 Å². The lowest BCUT2D eigenvalue weighted by molar-refractivity contribution is -0.132. The number of carbonyl (C=O) groups excluding carboxylic acids is 3. The number of carbonyl (C=O) groups is 3. The summed E-state index contributed by atoms with van der Waals surface area (Å²) in [4.78, 5) is 36.2. The molecule has 0 aliphatic rings. The van der Waals surface area contributed by atoms with Gasteiger partial charge < -0.3 is 10.1 Å². The molecule has 1 N–H and O–H groups in total.